The van der Waals surface area contributed by atoms with Crippen LogP contribution in [0.15, 0.2) is 24.3 Å². The van der Waals surface area contributed by atoms with Crippen LogP contribution in [0.4, 0.5) is 0 Å². The standard InChI is InChI=1S/C16H27N3/c1-3-16(12-17)19-9-7-18(8-10-19)13-15-6-4-5-14(2)11-15/h4-6,11,16H,3,7-10,12-13,17H2,1-2H3. The summed E-state index contributed by atoms with van der Waals surface area (Å²) in [7, 11) is 0. The molecule has 1 aromatic carbocycles. The summed E-state index contributed by atoms with van der Waals surface area (Å²) in [4.78, 5) is 5.10. The minimum absolute atomic E-state index is 0.570. The summed E-state index contributed by atoms with van der Waals surface area (Å²) >= 11 is 0. The predicted octanol–water partition coefficient (Wildman–Crippen LogP) is 1.85. The van der Waals surface area contributed by atoms with E-state index in [9.17, 15) is 0 Å². The van der Waals surface area contributed by atoms with Gasteiger partial charge in [0.25, 0.3) is 0 Å². The smallest absolute Gasteiger partial charge is 0.0234 e. The molecule has 0 aliphatic carbocycles. The molecule has 106 valence electrons. The van der Waals surface area contributed by atoms with Crippen molar-refractivity contribution in [1.82, 2.24) is 9.80 Å². The van der Waals surface area contributed by atoms with E-state index in [1.807, 2.05) is 0 Å². The van der Waals surface area contributed by atoms with Crippen LogP contribution in [0.2, 0.25) is 0 Å². The molecule has 0 amide bonds. The second kappa shape index (κ2) is 7.04. The number of nitrogens with zero attached hydrogens (tertiary/aromatic N) is 2. The third-order valence-corrected chi connectivity index (χ3v) is 4.16. The lowest BCUT2D eigenvalue weighted by Gasteiger charge is -2.38. The van der Waals surface area contributed by atoms with E-state index in [1.165, 1.54) is 11.1 Å². The molecule has 1 fully saturated rings. The molecular formula is C16H27N3. The fraction of sp³-hybridized carbons (Fsp3) is 0.625. The second-order valence-electron chi connectivity index (χ2n) is 5.60. The average Bonchev–Trinajstić information content (AvgIpc) is 2.42. The van der Waals surface area contributed by atoms with Gasteiger partial charge in [0.1, 0.15) is 0 Å². The molecule has 19 heavy (non-hydrogen) atoms. The lowest BCUT2D eigenvalue weighted by atomic mass is 10.1. The van der Waals surface area contributed by atoms with Gasteiger partial charge in [-0.25, -0.2) is 0 Å². The van der Waals surface area contributed by atoms with Gasteiger partial charge in [0.15, 0.2) is 0 Å². The maximum atomic E-state index is 5.83. The van der Waals surface area contributed by atoms with E-state index in [1.54, 1.807) is 0 Å². The van der Waals surface area contributed by atoms with E-state index >= 15 is 0 Å². The monoisotopic (exact) mass is 261 g/mol. The molecule has 1 saturated heterocycles. The predicted molar refractivity (Wildman–Crippen MR) is 81.2 cm³/mol. The minimum Gasteiger partial charge on any atom is -0.329 e. The van der Waals surface area contributed by atoms with E-state index < -0.39 is 0 Å². The Kier molecular flexibility index (Phi) is 5.37. The SMILES string of the molecule is CCC(CN)N1CCN(Cc2cccc(C)c2)CC1. The van der Waals surface area contributed by atoms with Crippen LogP contribution in [0.5, 0.6) is 0 Å². The van der Waals surface area contributed by atoms with Crippen molar-refractivity contribution >= 4 is 0 Å². The first kappa shape index (κ1) is 14.5. The number of benzene rings is 1. The zero-order valence-electron chi connectivity index (χ0n) is 12.3. The van der Waals surface area contributed by atoms with E-state index in [0.717, 1.165) is 45.7 Å². The quantitative estimate of drug-likeness (QED) is 0.878. The highest BCUT2D eigenvalue weighted by Gasteiger charge is 2.21. The van der Waals surface area contributed by atoms with Crippen LogP contribution < -0.4 is 5.73 Å². The molecule has 0 aromatic heterocycles. The molecule has 1 aliphatic heterocycles. The molecular weight excluding hydrogens is 234 g/mol. The highest BCUT2D eigenvalue weighted by molar-refractivity contribution is 5.22. The van der Waals surface area contributed by atoms with Gasteiger partial charge in [-0.05, 0) is 18.9 Å². The van der Waals surface area contributed by atoms with Crippen LogP contribution in [0.1, 0.15) is 24.5 Å². The van der Waals surface area contributed by atoms with E-state index in [4.69, 9.17) is 5.73 Å². The summed E-state index contributed by atoms with van der Waals surface area (Å²) in [5, 5.41) is 0. The van der Waals surface area contributed by atoms with Gasteiger partial charge in [-0.1, -0.05) is 36.8 Å². The molecule has 2 rings (SSSR count). The molecule has 1 aromatic rings. The molecule has 2 N–H and O–H groups in total. The van der Waals surface area contributed by atoms with E-state index in [2.05, 4.69) is 47.9 Å². The van der Waals surface area contributed by atoms with Gasteiger partial charge in [-0.2, -0.15) is 0 Å². The number of hydrogen-bond donors (Lipinski definition) is 1. The van der Waals surface area contributed by atoms with Crippen LogP contribution in [0.25, 0.3) is 0 Å². The molecule has 1 unspecified atom stereocenters. The Labute approximate surface area is 117 Å². The Morgan fingerprint density at radius 1 is 1.21 bits per heavy atom. The van der Waals surface area contributed by atoms with Crippen LogP contribution >= 0.6 is 0 Å². The molecule has 0 bridgehead atoms. The molecule has 3 heteroatoms. The first-order valence-corrected chi connectivity index (χ1v) is 7.45. The first-order valence-electron chi connectivity index (χ1n) is 7.45. The van der Waals surface area contributed by atoms with Crippen molar-refractivity contribution < 1.29 is 0 Å². The Hall–Kier alpha value is -0.900. The summed E-state index contributed by atoms with van der Waals surface area (Å²) in [6.45, 7) is 10.9. The van der Waals surface area contributed by atoms with Gasteiger partial charge >= 0.3 is 0 Å². The number of piperazine rings is 1. The van der Waals surface area contributed by atoms with Crippen LogP contribution in [0, 0.1) is 6.92 Å². The van der Waals surface area contributed by atoms with Crippen LogP contribution in [0.3, 0.4) is 0 Å². The molecule has 1 atom stereocenters. The summed E-state index contributed by atoms with van der Waals surface area (Å²) in [5.41, 5.74) is 8.62. The van der Waals surface area contributed by atoms with Gasteiger partial charge in [0.2, 0.25) is 0 Å². The normalized spacial score (nSPS) is 19.5. The maximum Gasteiger partial charge on any atom is 0.0234 e. The number of nitrogens with two attached hydrogens (primary N) is 1. The fourth-order valence-electron chi connectivity index (χ4n) is 2.93. The highest BCUT2D eigenvalue weighted by Crippen LogP contribution is 2.12. The third-order valence-electron chi connectivity index (χ3n) is 4.16. The van der Waals surface area contributed by atoms with Gasteiger partial charge < -0.3 is 5.73 Å². The van der Waals surface area contributed by atoms with E-state index in [-0.39, 0.29) is 0 Å². The molecule has 3 nitrogen and oxygen atoms in total. The molecule has 0 saturated carbocycles. The maximum absolute atomic E-state index is 5.83. The van der Waals surface area contributed by atoms with Gasteiger partial charge in [0, 0.05) is 45.3 Å². The fourth-order valence-corrected chi connectivity index (χ4v) is 2.93. The zero-order valence-corrected chi connectivity index (χ0v) is 12.3. The van der Waals surface area contributed by atoms with Crippen molar-refractivity contribution in [2.75, 3.05) is 32.7 Å². The average molecular weight is 261 g/mol. The number of hydrogen-bond acceptors (Lipinski definition) is 3. The molecule has 0 radical (unpaired) electrons. The van der Waals surface area contributed by atoms with Crippen LogP contribution in [-0.2, 0) is 6.54 Å². The molecule has 1 heterocycles. The van der Waals surface area contributed by atoms with Crippen molar-refractivity contribution in [2.45, 2.75) is 32.9 Å². The summed E-state index contributed by atoms with van der Waals surface area (Å²) in [5.74, 6) is 0. The lowest BCUT2D eigenvalue weighted by molar-refractivity contribution is 0.0926. The number of rotatable bonds is 5. The molecule has 1 aliphatic rings. The van der Waals surface area contributed by atoms with Gasteiger partial charge in [-0.3, -0.25) is 9.80 Å². The molecule has 0 spiro atoms. The van der Waals surface area contributed by atoms with Gasteiger partial charge in [0.05, 0.1) is 0 Å². The first-order chi connectivity index (χ1) is 9.22. The lowest BCUT2D eigenvalue weighted by Crippen LogP contribution is -2.51. The van der Waals surface area contributed by atoms with Crippen LogP contribution in [-0.4, -0.2) is 48.6 Å². The summed E-state index contributed by atoms with van der Waals surface area (Å²) in [6, 6.07) is 9.41. The zero-order chi connectivity index (χ0) is 13.7. The number of aryl methyl sites for hydroxylation is 1. The van der Waals surface area contributed by atoms with Crippen molar-refractivity contribution in [3.05, 3.63) is 35.4 Å². The summed E-state index contributed by atoms with van der Waals surface area (Å²) in [6.07, 6.45) is 1.16. The Morgan fingerprint density at radius 2 is 1.95 bits per heavy atom. The van der Waals surface area contributed by atoms with Gasteiger partial charge in [-0.15, -0.1) is 0 Å². The van der Waals surface area contributed by atoms with Crippen molar-refractivity contribution in [3.8, 4) is 0 Å². The van der Waals surface area contributed by atoms with Crippen molar-refractivity contribution in [1.29, 1.82) is 0 Å². The Bertz CT molecular complexity index is 379. The summed E-state index contributed by atoms with van der Waals surface area (Å²) < 4.78 is 0. The topological polar surface area (TPSA) is 32.5 Å². The second-order valence-corrected chi connectivity index (χ2v) is 5.60. The largest absolute Gasteiger partial charge is 0.329 e. The van der Waals surface area contributed by atoms with Crippen molar-refractivity contribution in [2.24, 2.45) is 5.73 Å². The minimum atomic E-state index is 0.570. The third kappa shape index (κ3) is 4.03. The van der Waals surface area contributed by atoms with E-state index in [0.29, 0.717) is 6.04 Å². The highest BCUT2D eigenvalue weighted by atomic mass is 15.3. The Balaban J connectivity index is 1.83. The Morgan fingerprint density at radius 3 is 2.53 bits per heavy atom. The van der Waals surface area contributed by atoms with Crippen molar-refractivity contribution in [3.63, 3.8) is 0 Å².